The number of benzene rings is 2. The van der Waals surface area contributed by atoms with Crippen LogP contribution in [0.1, 0.15) is 43.4 Å². The van der Waals surface area contributed by atoms with E-state index in [0.717, 1.165) is 30.9 Å². The maximum atomic E-state index is 12.5. The average Bonchev–Trinajstić information content (AvgIpc) is 2.74. The third-order valence-electron chi connectivity index (χ3n) is 5.51. The summed E-state index contributed by atoms with van der Waals surface area (Å²) in [6, 6.07) is 16.5. The van der Waals surface area contributed by atoms with E-state index in [2.05, 4.69) is 34.5 Å². The molecule has 156 valence electrons. The number of anilines is 1. The van der Waals surface area contributed by atoms with Crippen LogP contribution in [0, 0.1) is 0 Å². The molecule has 1 unspecified atom stereocenters. The van der Waals surface area contributed by atoms with Gasteiger partial charge in [-0.15, -0.1) is 0 Å². The van der Waals surface area contributed by atoms with E-state index in [1.807, 2.05) is 43.1 Å². The zero-order valence-corrected chi connectivity index (χ0v) is 17.9. The fraction of sp³-hybridized carbons (Fsp3) is 0.458. The smallest absolute Gasteiger partial charge is 0.234 e. The molecule has 1 aliphatic heterocycles. The van der Waals surface area contributed by atoms with Gasteiger partial charge in [-0.2, -0.15) is 0 Å². The molecule has 5 nitrogen and oxygen atoms in total. The van der Waals surface area contributed by atoms with Crippen LogP contribution in [0.25, 0.3) is 0 Å². The Bertz CT molecular complexity index is 785. The maximum absolute atomic E-state index is 12.5. The van der Waals surface area contributed by atoms with E-state index in [0.29, 0.717) is 6.54 Å². The summed E-state index contributed by atoms with van der Waals surface area (Å²) in [6.07, 6.45) is 3.91. The molecule has 1 heterocycles. The third-order valence-corrected chi connectivity index (χ3v) is 5.51. The summed E-state index contributed by atoms with van der Waals surface area (Å²) in [5, 5.41) is 3.07. The van der Waals surface area contributed by atoms with Gasteiger partial charge >= 0.3 is 0 Å². The van der Waals surface area contributed by atoms with Crippen molar-refractivity contribution in [1.29, 1.82) is 0 Å². The van der Waals surface area contributed by atoms with E-state index in [-0.39, 0.29) is 11.9 Å². The van der Waals surface area contributed by atoms with Gasteiger partial charge in [0, 0.05) is 30.9 Å². The van der Waals surface area contributed by atoms with Crippen LogP contribution in [0.15, 0.2) is 48.5 Å². The minimum atomic E-state index is -0.101. The van der Waals surface area contributed by atoms with Gasteiger partial charge < -0.3 is 15.0 Å². The number of carbonyl (C=O) groups excluding carboxylic acids is 1. The molecule has 1 atom stereocenters. The Kier molecular flexibility index (Phi) is 7.53. The van der Waals surface area contributed by atoms with Gasteiger partial charge in [0.1, 0.15) is 5.75 Å². The molecule has 0 aromatic heterocycles. The van der Waals surface area contributed by atoms with Crippen LogP contribution in [0.2, 0.25) is 0 Å². The molecule has 1 N–H and O–H groups in total. The lowest BCUT2D eigenvalue weighted by molar-refractivity contribution is -0.122. The fourth-order valence-electron chi connectivity index (χ4n) is 3.97. The molecule has 1 fully saturated rings. The van der Waals surface area contributed by atoms with Gasteiger partial charge in [0.05, 0.1) is 19.7 Å². The Labute approximate surface area is 174 Å². The Morgan fingerprint density at radius 3 is 2.48 bits per heavy atom. The van der Waals surface area contributed by atoms with Crippen molar-refractivity contribution in [1.82, 2.24) is 10.2 Å². The minimum absolute atomic E-state index is 0.0100. The fourth-order valence-corrected chi connectivity index (χ4v) is 3.97. The Morgan fingerprint density at radius 2 is 1.79 bits per heavy atom. The highest BCUT2D eigenvalue weighted by molar-refractivity contribution is 5.78. The highest BCUT2D eigenvalue weighted by Crippen LogP contribution is 2.24. The summed E-state index contributed by atoms with van der Waals surface area (Å²) < 4.78 is 5.40. The van der Waals surface area contributed by atoms with Crippen molar-refractivity contribution >= 4 is 11.6 Å². The lowest BCUT2D eigenvalue weighted by atomic mass is 10.1. The monoisotopic (exact) mass is 395 g/mol. The molecule has 2 aromatic carbocycles. The first-order valence-electron chi connectivity index (χ1n) is 10.5. The van der Waals surface area contributed by atoms with Crippen LogP contribution < -0.4 is 15.0 Å². The van der Waals surface area contributed by atoms with Gasteiger partial charge in [-0.1, -0.05) is 30.3 Å². The molecular weight excluding hydrogens is 362 g/mol. The number of piperidine rings is 1. The van der Waals surface area contributed by atoms with Crippen LogP contribution in [0.3, 0.4) is 0 Å². The molecule has 2 aromatic rings. The summed E-state index contributed by atoms with van der Waals surface area (Å²) in [5.41, 5.74) is 3.51. The number of carbonyl (C=O) groups is 1. The highest BCUT2D eigenvalue weighted by atomic mass is 16.5. The minimum Gasteiger partial charge on any atom is -0.496 e. The van der Waals surface area contributed by atoms with Gasteiger partial charge in [0.25, 0.3) is 0 Å². The van der Waals surface area contributed by atoms with E-state index < -0.39 is 0 Å². The number of hydrogen-bond donors (Lipinski definition) is 1. The molecule has 0 saturated carbocycles. The normalized spacial score (nSPS) is 15.2. The van der Waals surface area contributed by atoms with Gasteiger partial charge in [-0.05, 0) is 57.0 Å². The standard InChI is InChI=1S/C24H33N3O2/c1-19(22-9-5-6-10-23(22)29-3)25-24(28)18-26(2)17-20-11-13-21(14-12-20)27-15-7-4-8-16-27/h5-6,9-14,19H,4,7-8,15-18H2,1-3H3,(H,25,28). The first-order chi connectivity index (χ1) is 14.1. The summed E-state index contributed by atoms with van der Waals surface area (Å²) in [5.74, 6) is 0.804. The second kappa shape index (κ2) is 10.3. The zero-order valence-electron chi connectivity index (χ0n) is 17.9. The number of para-hydroxylation sites is 1. The second-order valence-corrected chi connectivity index (χ2v) is 7.92. The molecule has 5 heteroatoms. The van der Waals surface area contributed by atoms with Crippen molar-refractivity contribution in [3.8, 4) is 5.75 Å². The SMILES string of the molecule is COc1ccccc1C(C)NC(=O)CN(C)Cc1ccc(N2CCCCC2)cc1. The largest absolute Gasteiger partial charge is 0.496 e. The maximum Gasteiger partial charge on any atom is 0.234 e. The van der Waals surface area contributed by atoms with Gasteiger partial charge in [0.2, 0.25) is 5.91 Å². The van der Waals surface area contributed by atoms with Gasteiger partial charge in [-0.25, -0.2) is 0 Å². The molecule has 0 bridgehead atoms. The number of amides is 1. The summed E-state index contributed by atoms with van der Waals surface area (Å²) in [4.78, 5) is 17.0. The number of nitrogens with one attached hydrogen (secondary N) is 1. The molecule has 0 aliphatic carbocycles. The molecule has 0 radical (unpaired) electrons. The molecule has 1 aliphatic rings. The predicted octanol–water partition coefficient (Wildman–Crippen LogP) is 3.99. The number of methoxy groups -OCH3 is 1. The molecule has 1 saturated heterocycles. The van der Waals surface area contributed by atoms with Gasteiger partial charge in [-0.3, -0.25) is 9.69 Å². The average molecular weight is 396 g/mol. The van der Waals surface area contributed by atoms with Crippen LogP contribution >= 0.6 is 0 Å². The van der Waals surface area contributed by atoms with Crippen molar-refractivity contribution in [3.05, 3.63) is 59.7 Å². The number of ether oxygens (including phenoxy) is 1. The highest BCUT2D eigenvalue weighted by Gasteiger charge is 2.15. The lowest BCUT2D eigenvalue weighted by Gasteiger charge is -2.29. The third kappa shape index (κ3) is 5.97. The molecule has 0 spiro atoms. The van der Waals surface area contributed by atoms with Crippen LogP contribution in [-0.4, -0.2) is 44.6 Å². The van der Waals surface area contributed by atoms with Crippen molar-refractivity contribution < 1.29 is 9.53 Å². The van der Waals surface area contributed by atoms with E-state index in [1.165, 1.54) is 30.5 Å². The topological polar surface area (TPSA) is 44.8 Å². The molecule has 1 amide bonds. The molecule has 29 heavy (non-hydrogen) atoms. The molecular formula is C24H33N3O2. The van der Waals surface area contributed by atoms with Crippen molar-refractivity contribution in [2.24, 2.45) is 0 Å². The Morgan fingerprint density at radius 1 is 1.10 bits per heavy atom. The van der Waals surface area contributed by atoms with Crippen molar-refractivity contribution in [2.75, 3.05) is 38.7 Å². The van der Waals surface area contributed by atoms with E-state index in [1.54, 1.807) is 7.11 Å². The van der Waals surface area contributed by atoms with Crippen LogP contribution in [0.4, 0.5) is 5.69 Å². The van der Waals surface area contributed by atoms with E-state index in [4.69, 9.17) is 4.74 Å². The molecule has 3 rings (SSSR count). The summed E-state index contributed by atoms with van der Waals surface area (Å²) in [6.45, 7) is 5.40. The quantitative estimate of drug-likeness (QED) is 0.734. The lowest BCUT2D eigenvalue weighted by Crippen LogP contribution is -2.36. The first-order valence-corrected chi connectivity index (χ1v) is 10.5. The van der Waals surface area contributed by atoms with Crippen LogP contribution in [-0.2, 0) is 11.3 Å². The number of hydrogen-bond acceptors (Lipinski definition) is 4. The summed E-state index contributed by atoms with van der Waals surface area (Å²) >= 11 is 0. The summed E-state index contributed by atoms with van der Waals surface area (Å²) in [7, 11) is 3.63. The predicted molar refractivity (Wildman–Crippen MR) is 118 cm³/mol. The van der Waals surface area contributed by atoms with Gasteiger partial charge in [0.15, 0.2) is 0 Å². The number of nitrogens with zero attached hydrogens (tertiary/aromatic N) is 2. The zero-order chi connectivity index (χ0) is 20.6. The number of likely N-dealkylation sites (N-methyl/N-ethyl adjacent to an activating group) is 1. The van der Waals surface area contributed by atoms with Crippen molar-refractivity contribution in [3.63, 3.8) is 0 Å². The second-order valence-electron chi connectivity index (χ2n) is 7.92. The van der Waals surface area contributed by atoms with E-state index in [9.17, 15) is 4.79 Å². The van der Waals surface area contributed by atoms with E-state index >= 15 is 0 Å². The Balaban J connectivity index is 1.49. The number of rotatable bonds is 8. The van der Waals surface area contributed by atoms with Crippen LogP contribution in [0.5, 0.6) is 5.75 Å². The first kappa shape index (κ1) is 21.2. The van der Waals surface area contributed by atoms with Crippen molar-refractivity contribution in [2.45, 2.75) is 38.8 Å². The Hall–Kier alpha value is -2.53.